The molecule has 1 N–H and O–H groups in total. The number of hydrogen-bond donors (Lipinski definition) is 1. The number of carbonyl (C=O) groups excluding carboxylic acids is 1. The van der Waals surface area contributed by atoms with Crippen LogP contribution in [0.15, 0.2) is 18.2 Å². The van der Waals surface area contributed by atoms with Crippen molar-refractivity contribution in [1.82, 2.24) is 10.2 Å². The zero-order chi connectivity index (χ0) is 14.8. The van der Waals surface area contributed by atoms with Gasteiger partial charge in [0.1, 0.15) is 0 Å². The standard InChI is InChI=1S/C16H20ClIN2O/c17-12-10-11(6-7-13(12)18)16(21)20-9-2-1-5-15(20)14-4-3-8-19-14/h6-7,10,14-15,19H,1-5,8-9H2. The highest BCUT2D eigenvalue weighted by molar-refractivity contribution is 14.1. The fraction of sp³-hybridized carbons (Fsp3) is 0.562. The number of carbonyl (C=O) groups is 1. The van der Waals surface area contributed by atoms with Gasteiger partial charge in [-0.05, 0) is 79.4 Å². The van der Waals surface area contributed by atoms with Crippen LogP contribution < -0.4 is 5.32 Å². The van der Waals surface area contributed by atoms with E-state index in [1.807, 2.05) is 12.1 Å². The summed E-state index contributed by atoms with van der Waals surface area (Å²) in [6.45, 7) is 1.95. The Balaban J connectivity index is 1.81. The Morgan fingerprint density at radius 1 is 1.29 bits per heavy atom. The van der Waals surface area contributed by atoms with Crippen LogP contribution in [0.1, 0.15) is 42.5 Å². The molecule has 114 valence electrons. The average molecular weight is 419 g/mol. The second kappa shape index (κ2) is 6.84. The van der Waals surface area contributed by atoms with Gasteiger partial charge in [-0.1, -0.05) is 11.6 Å². The molecule has 2 atom stereocenters. The second-order valence-electron chi connectivity index (χ2n) is 5.89. The van der Waals surface area contributed by atoms with Gasteiger partial charge < -0.3 is 10.2 Å². The summed E-state index contributed by atoms with van der Waals surface area (Å²) in [7, 11) is 0. The summed E-state index contributed by atoms with van der Waals surface area (Å²) in [5.41, 5.74) is 0.713. The molecule has 0 aromatic heterocycles. The summed E-state index contributed by atoms with van der Waals surface area (Å²) in [6.07, 6.45) is 5.84. The van der Waals surface area contributed by atoms with Crippen molar-refractivity contribution in [3.8, 4) is 0 Å². The molecular weight excluding hydrogens is 399 g/mol. The predicted octanol–water partition coefficient (Wildman–Crippen LogP) is 3.69. The number of piperidine rings is 1. The van der Waals surface area contributed by atoms with Gasteiger partial charge in [-0.15, -0.1) is 0 Å². The van der Waals surface area contributed by atoms with E-state index in [2.05, 4.69) is 32.8 Å². The van der Waals surface area contributed by atoms with E-state index < -0.39 is 0 Å². The number of amides is 1. The van der Waals surface area contributed by atoms with Crippen molar-refractivity contribution in [2.24, 2.45) is 0 Å². The van der Waals surface area contributed by atoms with Crippen molar-refractivity contribution in [1.29, 1.82) is 0 Å². The summed E-state index contributed by atoms with van der Waals surface area (Å²) >= 11 is 8.36. The summed E-state index contributed by atoms with van der Waals surface area (Å²) in [5, 5.41) is 4.22. The van der Waals surface area contributed by atoms with E-state index in [0.717, 1.165) is 29.5 Å². The van der Waals surface area contributed by atoms with E-state index in [-0.39, 0.29) is 5.91 Å². The quantitative estimate of drug-likeness (QED) is 0.743. The van der Waals surface area contributed by atoms with E-state index in [1.54, 1.807) is 6.07 Å². The Morgan fingerprint density at radius 3 is 2.86 bits per heavy atom. The normalized spacial score (nSPS) is 26.1. The van der Waals surface area contributed by atoms with Gasteiger partial charge in [0.15, 0.2) is 0 Å². The molecule has 2 aliphatic heterocycles. The lowest BCUT2D eigenvalue weighted by Gasteiger charge is -2.39. The lowest BCUT2D eigenvalue weighted by Crippen LogP contribution is -2.52. The Labute approximate surface area is 144 Å². The van der Waals surface area contributed by atoms with Crippen LogP contribution in [0.25, 0.3) is 0 Å². The predicted molar refractivity (Wildman–Crippen MR) is 93.9 cm³/mol. The molecule has 0 spiro atoms. The van der Waals surface area contributed by atoms with Crippen molar-refractivity contribution >= 4 is 40.1 Å². The highest BCUT2D eigenvalue weighted by atomic mass is 127. The number of nitrogens with zero attached hydrogens (tertiary/aromatic N) is 1. The minimum absolute atomic E-state index is 0.131. The van der Waals surface area contributed by atoms with Crippen LogP contribution in [0.4, 0.5) is 0 Å². The molecule has 1 amide bonds. The van der Waals surface area contributed by atoms with Gasteiger partial charge in [-0.3, -0.25) is 4.79 Å². The lowest BCUT2D eigenvalue weighted by molar-refractivity contribution is 0.0563. The second-order valence-corrected chi connectivity index (χ2v) is 7.46. The monoisotopic (exact) mass is 418 g/mol. The van der Waals surface area contributed by atoms with Gasteiger partial charge in [-0.2, -0.15) is 0 Å². The summed E-state index contributed by atoms with van der Waals surface area (Å²) in [5.74, 6) is 0.131. The number of nitrogens with one attached hydrogen (secondary N) is 1. The van der Waals surface area contributed by atoms with Crippen LogP contribution in [0.3, 0.4) is 0 Å². The third-order valence-corrected chi connectivity index (χ3v) is 6.11. The fourth-order valence-corrected chi connectivity index (χ4v) is 3.98. The molecule has 0 radical (unpaired) electrons. The molecule has 0 bridgehead atoms. The van der Waals surface area contributed by atoms with Crippen molar-refractivity contribution in [2.75, 3.05) is 13.1 Å². The number of hydrogen-bond acceptors (Lipinski definition) is 2. The summed E-state index contributed by atoms with van der Waals surface area (Å²) < 4.78 is 0.985. The zero-order valence-electron chi connectivity index (χ0n) is 11.9. The fourth-order valence-electron chi connectivity index (χ4n) is 3.46. The third-order valence-electron chi connectivity index (χ3n) is 4.54. The van der Waals surface area contributed by atoms with Crippen molar-refractivity contribution in [2.45, 2.75) is 44.2 Å². The van der Waals surface area contributed by atoms with E-state index in [4.69, 9.17) is 11.6 Å². The smallest absolute Gasteiger partial charge is 0.254 e. The van der Waals surface area contributed by atoms with Crippen LogP contribution in [-0.2, 0) is 0 Å². The molecule has 1 aromatic carbocycles. The average Bonchev–Trinajstić information content (AvgIpc) is 3.03. The van der Waals surface area contributed by atoms with Crippen LogP contribution in [-0.4, -0.2) is 36.0 Å². The molecule has 0 aliphatic carbocycles. The maximum absolute atomic E-state index is 12.9. The highest BCUT2D eigenvalue weighted by Crippen LogP contribution is 2.27. The largest absolute Gasteiger partial charge is 0.334 e. The molecule has 1 aromatic rings. The first-order valence-corrected chi connectivity index (χ1v) is 9.12. The van der Waals surface area contributed by atoms with E-state index in [9.17, 15) is 4.79 Å². The molecule has 0 saturated carbocycles. The lowest BCUT2D eigenvalue weighted by atomic mass is 9.93. The number of rotatable bonds is 2. The zero-order valence-corrected chi connectivity index (χ0v) is 14.9. The number of likely N-dealkylation sites (tertiary alicyclic amines) is 1. The molecule has 2 unspecified atom stereocenters. The molecule has 3 rings (SSSR count). The Kier molecular flexibility index (Phi) is 5.07. The van der Waals surface area contributed by atoms with Gasteiger partial charge in [0.2, 0.25) is 0 Å². The van der Waals surface area contributed by atoms with Crippen molar-refractivity contribution in [3.63, 3.8) is 0 Å². The third kappa shape index (κ3) is 3.37. The van der Waals surface area contributed by atoms with Gasteiger partial charge >= 0.3 is 0 Å². The van der Waals surface area contributed by atoms with Gasteiger partial charge in [0.05, 0.1) is 5.02 Å². The topological polar surface area (TPSA) is 32.3 Å². The van der Waals surface area contributed by atoms with Crippen molar-refractivity contribution in [3.05, 3.63) is 32.4 Å². The van der Waals surface area contributed by atoms with Crippen LogP contribution >= 0.6 is 34.2 Å². The summed E-state index contributed by atoms with van der Waals surface area (Å²) in [4.78, 5) is 14.9. The molecule has 2 fully saturated rings. The van der Waals surface area contributed by atoms with E-state index >= 15 is 0 Å². The van der Waals surface area contributed by atoms with Gasteiger partial charge in [-0.25, -0.2) is 0 Å². The highest BCUT2D eigenvalue weighted by Gasteiger charge is 2.34. The molecule has 21 heavy (non-hydrogen) atoms. The van der Waals surface area contributed by atoms with Crippen molar-refractivity contribution < 1.29 is 4.79 Å². The first-order valence-electron chi connectivity index (χ1n) is 7.66. The Hall–Kier alpha value is -0.330. The molecule has 2 heterocycles. The first-order chi connectivity index (χ1) is 10.2. The first kappa shape index (κ1) is 15.6. The van der Waals surface area contributed by atoms with Crippen LogP contribution in [0.2, 0.25) is 5.02 Å². The SMILES string of the molecule is O=C(c1ccc(I)c(Cl)c1)N1CCCCC1C1CCCN1. The maximum atomic E-state index is 12.9. The molecule has 3 nitrogen and oxygen atoms in total. The molecular formula is C16H20ClIN2O. The number of benzene rings is 1. The van der Waals surface area contributed by atoms with E-state index in [1.165, 1.54) is 19.3 Å². The van der Waals surface area contributed by atoms with Gasteiger partial charge in [0.25, 0.3) is 5.91 Å². The number of halogens is 2. The van der Waals surface area contributed by atoms with Crippen LogP contribution in [0.5, 0.6) is 0 Å². The minimum Gasteiger partial charge on any atom is -0.334 e. The van der Waals surface area contributed by atoms with Crippen LogP contribution in [0, 0.1) is 3.57 Å². The molecule has 2 aliphatic rings. The minimum atomic E-state index is 0.131. The Bertz CT molecular complexity index is 531. The Morgan fingerprint density at radius 2 is 2.14 bits per heavy atom. The maximum Gasteiger partial charge on any atom is 0.254 e. The van der Waals surface area contributed by atoms with E-state index in [0.29, 0.717) is 22.7 Å². The molecule has 2 saturated heterocycles. The van der Waals surface area contributed by atoms with Gasteiger partial charge in [0, 0.05) is 27.8 Å². The molecule has 5 heteroatoms. The summed E-state index contributed by atoms with van der Waals surface area (Å²) in [6, 6.07) is 6.42.